The summed E-state index contributed by atoms with van der Waals surface area (Å²) >= 11 is 0. The molecule has 0 radical (unpaired) electrons. The highest BCUT2D eigenvalue weighted by atomic mass is 19.3. The van der Waals surface area contributed by atoms with Gasteiger partial charge in [-0.3, -0.25) is 0 Å². The highest BCUT2D eigenvalue weighted by Crippen LogP contribution is 2.42. The van der Waals surface area contributed by atoms with Crippen molar-refractivity contribution >= 4 is 11.6 Å². The molecule has 110 valence electrons. The van der Waals surface area contributed by atoms with Crippen LogP contribution < -0.4 is 14.8 Å². The molecule has 7 heteroatoms. The van der Waals surface area contributed by atoms with E-state index in [0.717, 1.165) is 5.69 Å². The Balaban J connectivity index is 1.82. The van der Waals surface area contributed by atoms with Crippen LogP contribution >= 0.6 is 0 Å². The van der Waals surface area contributed by atoms with Gasteiger partial charge in [-0.2, -0.15) is 0 Å². The lowest BCUT2D eigenvalue weighted by atomic mass is 10.1. The van der Waals surface area contributed by atoms with Gasteiger partial charge in [0.25, 0.3) is 0 Å². The van der Waals surface area contributed by atoms with Gasteiger partial charge >= 0.3 is 6.29 Å². The lowest BCUT2D eigenvalue weighted by molar-refractivity contribution is -0.286. The molecule has 1 aromatic carbocycles. The van der Waals surface area contributed by atoms with Gasteiger partial charge in [-0.1, -0.05) is 13.8 Å². The number of halogens is 2. The largest absolute Gasteiger partial charge is 0.586 e. The number of anilines is 2. The van der Waals surface area contributed by atoms with Crippen molar-refractivity contribution in [3.05, 3.63) is 36.2 Å². The average molecular weight is 293 g/mol. The van der Waals surface area contributed by atoms with Crippen LogP contribution in [0.1, 0.15) is 25.5 Å². The summed E-state index contributed by atoms with van der Waals surface area (Å²) in [5.41, 5.74) is 1.43. The summed E-state index contributed by atoms with van der Waals surface area (Å²) in [4.78, 5) is 8.44. The Kier molecular flexibility index (Phi) is 3.12. The van der Waals surface area contributed by atoms with E-state index in [1.807, 2.05) is 19.9 Å². The molecule has 2 aromatic rings. The molecule has 1 aliphatic heterocycles. The van der Waals surface area contributed by atoms with E-state index >= 15 is 0 Å². The van der Waals surface area contributed by atoms with Crippen molar-refractivity contribution in [3.8, 4) is 11.5 Å². The molecule has 3 rings (SSSR count). The third kappa shape index (κ3) is 2.86. The topological polar surface area (TPSA) is 56.3 Å². The molecule has 21 heavy (non-hydrogen) atoms. The Morgan fingerprint density at radius 2 is 1.90 bits per heavy atom. The van der Waals surface area contributed by atoms with Gasteiger partial charge in [0.1, 0.15) is 0 Å². The minimum Gasteiger partial charge on any atom is -0.395 e. The Morgan fingerprint density at radius 1 is 1.14 bits per heavy atom. The lowest BCUT2D eigenvalue weighted by Crippen LogP contribution is -2.25. The highest BCUT2D eigenvalue weighted by Gasteiger charge is 2.43. The smallest absolute Gasteiger partial charge is 0.395 e. The Bertz CT molecular complexity index is 677. The van der Waals surface area contributed by atoms with Gasteiger partial charge in [0.15, 0.2) is 11.5 Å². The summed E-state index contributed by atoms with van der Waals surface area (Å²) in [6.45, 7) is 4.05. The maximum atomic E-state index is 12.9. The number of nitrogens with zero attached hydrogens (tertiary/aromatic N) is 2. The first-order valence-electron chi connectivity index (χ1n) is 6.43. The second-order valence-corrected chi connectivity index (χ2v) is 4.91. The van der Waals surface area contributed by atoms with E-state index in [2.05, 4.69) is 24.8 Å². The van der Waals surface area contributed by atoms with Gasteiger partial charge in [-0.25, -0.2) is 9.97 Å². The Morgan fingerprint density at radius 3 is 2.67 bits per heavy atom. The van der Waals surface area contributed by atoms with E-state index in [1.165, 1.54) is 12.1 Å². The molecule has 2 heterocycles. The van der Waals surface area contributed by atoms with Crippen LogP contribution in [0.3, 0.4) is 0 Å². The predicted octanol–water partition coefficient (Wildman–Crippen LogP) is 3.67. The van der Waals surface area contributed by atoms with Crippen molar-refractivity contribution in [1.29, 1.82) is 0 Å². The van der Waals surface area contributed by atoms with E-state index < -0.39 is 6.29 Å². The monoisotopic (exact) mass is 293 g/mol. The third-order valence-corrected chi connectivity index (χ3v) is 2.93. The molecule has 1 N–H and O–H groups in total. The number of fused-ring (bicyclic) bond motifs is 1. The molecule has 0 saturated heterocycles. The van der Waals surface area contributed by atoms with Crippen LogP contribution in [-0.4, -0.2) is 16.3 Å². The van der Waals surface area contributed by atoms with Crippen LogP contribution in [0.4, 0.5) is 20.4 Å². The first-order valence-corrected chi connectivity index (χ1v) is 6.43. The van der Waals surface area contributed by atoms with E-state index in [4.69, 9.17) is 0 Å². The fourth-order valence-corrected chi connectivity index (χ4v) is 1.91. The number of hydrogen-bond acceptors (Lipinski definition) is 5. The molecule has 0 saturated carbocycles. The maximum absolute atomic E-state index is 12.9. The van der Waals surface area contributed by atoms with Crippen LogP contribution in [0.15, 0.2) is 30.5 Å². The lowest BCUT2D eigenvalue weighted by Gasteiger charge is -2.08. The molecule has 0 aliphatic carbocycles. The van der Waals surface area contributed by atoms with Crippen LogP contribution in [0.2, 0.25) is 0 Å². The number of ether oxygens (including phenoxy) is 2. The van der Waals surface area contributed by atoms with Crippen molar-refractivity contribution in [2.24, 2.45) is 0 Å². The van der Waals surface area contributed by atoms with Gasteiger partial charge in [0.2, 0.25) is 5.95 Å². The molecule has 0 bridgehead atoms. The van der Waals surface area contributed by atoms with Crippen LogP contribution in [0, 0.1) is 0 Å². The summed E-state index contributed by atoms with van der Waals surface area (Å²) in [7, 11) is 0. The van der Waals surface area contributed by atoms with Crippen LogP contribution in [0.25, 0.3) is 0 Å². The summed E-state index contributed by atoms with van der Waals surface area (Å²) in [6.07, 6.45) is -1.97. The van der Waals surface area contributed by atoms with Crippen molar-refractivity contribution in [2.75, 3.05) is 5.32 Å². The predicted molar refractivity (Wildman–Crippen MR) is 72.0 cm³/mol. The normalized spacial score (nSPS) is 15.3. The molecule has 0 unspecified atom stereocenters. The summed E-state index contributed by atoms with van der Waals surface area (Å²) < 4.78 is 34.6. The number of alkyl halides is 2. The first-order chi connectivity index (χ1) is 9.93. The summed E-state index contributed by atoms with van der Waals surface area (Å²) in [5.74, 6) is 0.642. The zero-order valence-corrected chi connectivity index (χ0v) is 11.4. The Hall–Kier alpha value is -2.44. The zero-order chi connectivity index (χ0) is 15.0. The van der Waals surface area contributed by atoms with E-state index in [-0.39, 0.29) is 17.4 Å². The summed E-state index contributed by atoms with van der Waals surface area (Å²) in [6, 6.07) is 6.25. The van der Waals surface area contributed by atoms with E-state index in [0.29, 0.717) is 11.6 Å². The van der Waals surface area contributed by atoms with Crippen molar-refractivity contribution in [3.63, 3.8) is 0 Å². The molecular weight excluding hydrogens is 280 g/mol. The quantitative estimate of drug-likeness (QED) is 0.935. The van der Waals surface area contributed by atoms with E-state index in [9.17, 15) is 8.78 Å². The van der Waals surface area contributed by atoms with Gasteiger partial charge in [-0.05, 0) is 24.1 Å². The number of nitrogens with one attached hydrogen (secondary N) is 1. The number of aromatic nitrogens is 2. The maximum Gasteiger partial charge on any atom is 0.586 e. The van der Waals surface area contributed by atoms with Crippen molar-refractivity contribution in [2.45, 2.75) is 26.1 Å². The van der Waals surface area contributed by atoms with Gasteiger partial charge in [-0.15, -0.1) is 8.78 Å². The molecule has 0 spiro atoms. The standard InChI is InChI=1S/C14H13F2N3O2/c1-8(2)10-5-6-17-13(19-10)18-9-3-4-11-12(7-9)21-14(15,16)20-11/h3-8H,1-2H3,(H,17,18,19). The third-order valence-electron chi connectivity index (χ3n) is 2.93. The average Bonchev–Trinajstić information content (AvgIpc) is 2.72. The van der Waals surface area contributed by atoms with Crippen LogP contribution in [0.5, 0.6) is 11.5 Å². The number of rotatable bonds is 3. The van der Waals surface area contributed by atoms with Crippen LogP contribution in [-0.2, 0) is 0 Å². The molecule has 1 aromatic heterocycles. The minimum atomic E-state index is -3.62. The van der Waals surface area contributed by atoms with Crippen molar-refractivity contribution in [1.82, 2.24) is 9.97 Å². The first kappa shape index (κ1) is 13.5. The highest BCUT2D eigenvalue weighted by molar-refractivity contribution is 5.60. The fourth-order valence-electron chi connectivity index (χ4n) is 1.91. The second-order valence-electron chi connectivity index (χ2n) is 4.91. The molecular formula is C14H13F2N3O2. The minimum absolute atomic E-state index is 0.00222. The van der Waals surface area contributed by atoms with Gasteiger partial charge < -0.3 is 14.8 Å². The zero-order valence-electron chi connectivity index (χ0n) is 11.4. The van der Waals surface area contributed by atoms with Gasteiger partial charge in [0.05, 0.1) is 0 Å². The molecule has 5 nitrogen and oxygen atoms in total. The molecule has 0 atom stereocenters. The fraction of sp³-hybridized carbons (Fsp3) is 0.286. The molecule has 1 aliphatic rings. The van der Waals surface area contributed by atoms with Gasteiger partial charge in [0, 0.05) is 23.6 Å². The number of hydrogen-bond donors (Lipinski definition) is 1. The Labute approximate surface area is 119 Å². The molecule has 0 fully saturated rings. The molecule has 0 amide bonds. The SMILES string of the molecule is CC(C)c1ccnc(Nc2ccc3c(c2)OC(F)(F)O3)n1. The van der Waals surface area contributed by atoms with E-state index in [1.54, 1.807) is 12.3 Å². The number of benzene rings is 1. The summed E-state index contributed by atoms with van der Waals surface area (Å²) in [5, 5.41) is 2.95. The second kappa shape index (κ2) is 4.83. The van der Waals surface area contributed by atoms with Crippen molar-refractivity contribution < 1.29 is 18.3 Å².